The molecule has 0 aliphatic heterocycles. The largest absolute Gasteiger partial charge is 0.358 e. The maximum Gasteiger partial charge on any atom is 0.251 e. The van der Waals surface area contributed by atoms with Crippen LogP contribution < -0.4 is 5.32 Å². The van der Waals surface area contributed by atoms with Crippen LogP contribution in [0.15, 0.2) is 18.2 Å². The summed E-state index contributed by atoms with van der Waals surface area (Å²) in [6.45, 7) is 4.91. The summed E-state index contributed by atoms with van der Waals surface area (Å²) in [6.07, 6.45) is 3.50. The Morgan fingerprint density at radius 3 is 3.11 bits per heavy atom. The van der Waals surface area contributed by atoms with Gasteiger partial charge in [0.05, 0.1) is 0 Å². The molecule has 3 heteroatoms. The van der Waals surface area contributed by atoms with Gasteiger partial charge in [-0.1, -0.05) is 6.92 Å². The van der Waals surface area contributed by atoms with Gasteiger partial charge in [-0.3, -0.25) is 4.79 Å². The fourth-order valence-electron chi connectivity index (χ4n) is 3.00. The minimum absolute atomic E-state index is 0.0169. The molecule has 2 aromatic rings. The van der Waals surface area contributed by atoms with E-state index in [1.165, 1.54) is 23.1 Å². The van der Waals surface area contributed by atoms with Gasteiger partial charge in [0.1, 0.15) is 0 Å². The summed E-state index contributed by atoms with van der Waals surface area (Å²) in [5.74, 6) is 0.753. The third kappa shape index (κ3) is 2.14. The van der Waals surface area contributed by atoms with Crippen LogP contribution in [0.4, 0.5) is 0 Å². The zero-order chi connectivity index (χ0) is 13.4. The first-order chi connectivity index (χ1) is 9.19. The first-order valence-corrected chi connectivity index (χ1v) is 7.10. The Labute approximate surface area is 113 Å². The van der Waals surface area contributed by atoms with Crippen LogP contribution in [0.2, 0.25) is 0 Å². The van der Waals surface area contributed by atoms with Crippen molar-refractivity contribution in [3.05, 3.63) is 35.0 Å². The number of aromatic amines is 1. The number of aromatic nitrogens is 1. The number of hydrogen-bond donors (Lipinski definition) is 2. The third-order valence-electron chi connectivity index (χ3n) is 4.03. The second kappa shape index (κ2) is 4.72. The molecule has 19 heavy (non-hydrogen) atoms. The molecule has 1 aromatic carbocycles. The Balaban J connectivity index is 2.07. The van der Waals surface area contributed by atoms with E-state index in [1.54, 1.807) is 0 Å². The lowest BCUT2D eigenvalue weighted by Crippen LogP contribution is -2.22. The molecular weight excluding hydrogens is 236 g/mol. The van der Waals surface area contributed by atoms with Crippen LogP contribution in [0.25, 0.3) is 10.9 Å². The van der Waals surface area contributed by atoms with E-state index in [0.717, 1.165) is 29.8 Å². The summed E-state index contributed by atoms with van der Waals surface area (Å²) in [4.78, 5) is 15.4. The summed E-state index contributed by atoms with van der Waals surface area (Å²) in [6, 6.07) is 5.97. The highest BCUT2D eigenvalue weighted by molar-refractivity contribution is 5.99. The average Bonchev–Trinajstić information content (AvgIpc) is 2.76. The maximum absolute atomic E-state index is 11.9. The smallest absolute Gasteiger partial charge is 0.251 e. The van der Waals surface area contributed by atoms with Gasteiger partial charge in [0.15, 0.2) is 0 Å². The summed E-state index contributed by atoms with van der Waals surface area (Å²) in [5, 5.41) is 4.09. The lowest BCUT2D eigenvalue weighted by molar-refractivity contribution is 0.0956. The van der Waals surface area contributed by atoms with Crippen molar-refractivity contribution in [1.29, 1.82) is 0 Å². The van der Waals surface area contributed by atoms with E-state index < -0.39 is 0 Å². The number of rotatable bonds is 2. The number of carbonyl (C=O) groups excluding carboxylic acids is 1. The Morgan fingerprint density at radius 1 is 1.47 bits per heavy atom. The Bertz CT molecular complexity index is 627. The summed E-state index contributed by atoms with van der Waals surface area (Å²) >= 11 is 0. The molecule has 1 aliphatic carbocycles. The van der Waals surface area contributed by atoms with Crippen molar-refractivity contribution >= 4 is 16.8 Å². The van der Waals surface area contributed by atoms with Gasteiger partial charge in [0.2, 0.25) is 0 Å². The normalized spacial score (nSPS) is 18.3. The average molecular weight is 256 g/mol. The van der Waals surface area contributed by atoms with E-state index in [4.69, 9.17) is 0 Å². The van der Waals surface area contributed by atoms with Crippen LogP contribution in [-0.2, 0) is 12.8 Å². The Hall–Kier alpha value is -1.77. The Kier molecular flexibility index (Phi) is 3.05. The predicted octanol–water partition coefficient (Wildman–Crippen LogP) is 3.04. The Morgan fingerprint density at radius 2 is 2.32 bits per heavy atom. The molecule has 0 bridgehead atoms. The number of fused-ring (bicyclic) bond motifs is 3. The molecule has 3 rings (SSSR count). The molecule has 1 aromatic heterocycles. The lowest BCUT2D eigenvalue weighted by atomic mass is 9.87. The second-order valence-electron chi connectivity index (χ2n) is 5.55. The van der Waals surface area contributed by atoms with Gasteiger partial charge in [0, 0.05) is 28.7 Å². The zero-order valence-electron chi connectivity index (χ0n) is 11.5. The number of amides is 1. The van der Waals surface area contributed by atoms with Gasteiger partial charge in [-0.25, -0.2) is 0 Å². The number of hydrogen-bond acceptors (Lipinski definition) is 1. The molecule has 1 atom stereocenters. The van der Waals surface area contributed by atoms with Crippen LogP contribution in [0.3, 0.4) is 0 Å². The molecule has 1 heterocycles. The molecule has 1 aliphatic rings. The van der Waals surface area contributed by atoms with E-state index in [9.17, 15) is 4.79 Å². The molecule has 0 spiro atoms. The monoisotopic (exact) mass is 256 g/mol. The zero-order valence-corrected chi connectivity index (χ0v) is 11.5. The molecule has 1 unspecified atom stereocenters. The molecule has 1 amide bonds. The summed E-state index contributed by atoms with van der Waals surface area (Å²) in [5.41, 5.74) is 4.70. The van der Waals surface area contributed by atoms with Gasteiger partial charge < -0.3 is 10.3 Å². The van der Waals surface area contributed by atoms with Gasteiger partial charge in [-0.2, -0.15) is 0 Å². The van der Waals surface area contributed by atoms with Crippen LogP contribution in [0.5, 0.6) is 0 Å². The van der Waals surface area contributed by atoms with Crippen LogP contribution in [0.1, 0.15) is 41.9 Å². The van der Waals surface area contributed by atoms with Crippen molar-refractivity contribution in [2.75, 3.05) is 6.54 Å². The predicted molar refractivity (Wildman–Crippen MR) is 77.5 cm³/mol. The van der Waals surface area contributed by atoms with E-state index in [1.807, 2.05) is 25.1 Å². The highest BCUT2D eigenvalue weighted by Gasteiger charge is 2.20. The topological polar surface area (TPSA) is 44.9 Å². The highest BCUT2D eigenvalue weighted by Crippen LogP contribution is 2.32. The van der Waals surface area contributed by atoms with Crippen molar-refractivity contribution in [2.24, 2.45) is 5.92 Å². The molecule has 0 saturated heterocycles. The van der Waals surface area contributed by atoms with E-state index in [0.29, 0.717) is 6.54 Å². The van der Waals surface area contributed by atoms with E-state index >= 15 is 0 Å². The van der Waals surface area contributed by atoms with Gasteiger partial charge in [0.25, 0.3) is 5.91 Å². The standard InChI is InChI=1S/C16H20N2O/c1-3-17-16(19)11-5-7-15-13(9-11)12-8-10(2)4-6-14(12)18-15/h5,7,9-10,18H,3-4,6,8H2,1-2H3,(H,17,19). The molecule has 2 N–H and O–H groups in total. The quantitative estimate of drug-likeness (QED) is 0.852. The molecule has 0 radical (unpaired) electrons. The van der Waals surface area contributed by atoms with Crippen molar-refractivity contribution in [3.63, 3.8) is 0 Å². The minimum Gasteiger partial charge on any atom is -0.358 e. The summed E-state index contributed by atoms with van der Waals surface area (Å²) < 4.78 is 0. The van der Waals surface area contributed by atoms with Gasteiger partial charge in [-0.15, -0.1) is 0 Å². The van der Waals surface area contributed by atoms with Crippen LogP contribution in [0, 0.1) is 5.92 Å². The number of benzene rings is 1. The SMILES string of the molecule is CCNC(=O)c1ccc2[nH]c3c(c2c1)CC(C)CC3. The minimum atomic E-state index is 0.0169. The molecule has 0 saturated carbocycles. The maximum atomic E-state index is 11.9. The van der Waals surface area contributed by atoms with Crippen molar-refractivity contribution < 1.29 is 4.79 Å². The fourth-order valence-corrected chi connectivity index (χ4v) is 3.00. The first kappa shape index (κ1) is 12.3. The van der Waals surface area contributed by atoms with Gasteiger partial charge >= 0.3 is 0 Å². The highest BCUT2D eigenvalue weighted by atomic mass is 16.1. The van der Waals surface area contributed by atoms with Crippen LogP contribution >= 0.6 is 0 Å². The third-order valence-corrected chi connectivity index (χ3v) is 4.03. The van der Waals surface area contributed by atoms with Crippen LogP contribution in [-0.4, -0.2) is 17.4 Å². The van der Waals surface area contributed by atoms with Crippen molar-refractivity contribution in [1.82, 2.24) is 10.3 Å². The molecule has 100 valence electrons. The van der Waals surface area contributed by atoms with E-state index in [2.05, 4.69) is 17.2 Å². The fraction of sp³-hybridized carbons (Fsp3) is 0.438. The van der Waals surface area contributed by atoms with Crippen molar-refractivity contribution in [3.8, 4) is 0 Å². The molecule has 3 nitrogen and oxygen atoms in total. The molecule has 0 fully saturated rings. The second-order valence-corrected chi connectivity index (χ2v) is 5.55. The summed E-state index contributed by atoms with van der Waals surface area (Å²) in [7, 11) is 0. The van der Waals surface area contributed by atoms with E-state index in [-0.39, 0.29) is 5.91 Å². The number of nitrogens with one attached hydrogen (secondary N) is 2. The number of carbonyl (C=O) groups is 1. The molecular formula is C16H20N2O. The van der Waals surface area contributed by atoms with Gasteiger partial charge in [-0.05, 0) is 55.9 Å². The lowest BCUT2D eigenvalue weighted by Gasteiger charge is -2.18. The number of H-pyrrole nitrogens is 1. The number of aryl methyl sites for hydroxylation is 1. The first-order valence-electron chi connectivity index (χ1n) is 7.10. The van der Waals surface area contributed by atoms with Crippen molar-refractivity contribution in [2.45, 2.75) is 33.1 Å².